The third-order valence-electron chi connectivity index (χ3n) is 8.12. The first-order chi connectivity index (χ1) is 20.1. The number of aromatic amines is 1. The minimum atomic E-state index is -4.48. The number of aromatic nitrogens is 3. The van der Waals surface area contributed by atoms with Gasteiger partial charge in [-0.2, -0.15) is 13.2 Å². The number of carbonyl (C=O) groups is 1. The normalized spacial score (nSPS) is 20.0. The number of anilines is 1. The van der Waals surface area contributed by atoms with E-state index in [0.29, 0.717) is 40.8 Å². The van der Waals surface area contributed by atoms with E-state index in [2.05, 4.69) is 37.0 Å². The molecule has 0 saturated carbocycles. The summed E-state index contributed by atoms with van der Waals surface area (Å²) < 4.78 is 38.6. The Morgan fingerprint density at radius 1 is 1.12 bits per heavy atom. The fourth-order valence-electron chi connectivity index (χ4n) is 6.05. The number of piperidine rings is 1. The molecule has 42 heavy (non-hydrogen) atoms. The fourth-order valence-corrected chi connectivity index (χ4v) is 6.47. The lowest BCUT2D eigenvalue weighted by Gasteiger charge is -2.48. The van der Waals surface area contributed by atoms with E-state index in [1.54, 1.807) is 42.9 Å². The molecule has 3 aromatic rings. The fraction of sp³-hybridized carbons (Fsp3) is 0.483. The number of piperazine rings is 1. The molecule has 2 atom stereocenters. The van der Waals surface area contributed by atoms with Crippen molar-refractivity contribution in [2.75, 3.05) is 44.2 Å². The smallest absolute Gasteiger partial charge is 0.353 e. The number of hydrogen-bond acceptors (Lipinski definition) is 6. The Kier molecular flexibility index (Phi) is 9.61. The van der Waals surface area contributed by atoms with E-state index in [-0.39, 0.29) is 0 Å². The van der Waals surface area contributed by atoms with Crippen LogP contribution in [0.15, 0.2) is 48.9 Å². The van der Waals surface area contributed by atoms with Crippen molar-refractivity contribution in [2.24, 2.45) is 0 Å². The van der Waals surface area contributed by atoms with Gasteiger partial charge in [-0.3, -0.25) is 14.6 Å². The zero-order chi connectivity index (χ0) is 29.9. The Hall–Kier alpha value is -2.86. The molecule has 2 aliphatic heterocycles. The summed E-state index contributed by atoms with van der Waals surface area (Å²) in [6.07, 6.45) is 3.32. The van der Waals surface area contributed by atoms with Crippen molar-refractivity contribution in [3.8, 4) is 11.4 Å². The van der Waals surface area contributed by atoms with Crippen LogP contribution in [0, 0.1) is 0 Å². The molecular weight excluding hydrogens is 590 g/mol. The molecule has 13 heteroatoms. The number of halogens is 5. The number of benzene rings is 1. The number of H-pyrrole nitrogens is 1. The number of likely N-dealkylation sites (tertiary alicyclic amines) is 1. The number of pyridine rings is 1. The predicted molar refractivity (Wildman–Crippen MR) is 158 cm³/mol. The van der Waals surface area contributed by atoms with Crippen LogP contribution in [0.25, 0.3) is 11.4 Å². The molecule has 4 heterocycles. The molecule has 0 bridgehead atoms. The van der Waals surface area contributed by atoms with Crippen molar-refractivity contribution < 1.29 is 18.0 Å². The van der Waals surface area contributed by atoms with E-state index >= 15 is 0 Å². The summed E-state index contributed by atoms with van der Waals surface area (Å²) in [5.74, 6) is 0.820. The first-order valence-corrected chi connectivity index (χ1v) is 14.9. The molecule has 1 amide bonds. The van der Waals surface area contributed by atoms with Crippen molar-refractivity contribution in [2.45, 2.75) is 50.5 Å². The van der Waals surface area contributed by atoms with E-state index in [0.717, 1.165) is 56.1 Å². The molecule has 0 radical (unpaired) electrons. The summed E-state index contributed by atoms with van der Waals surface area (Å²) in [5.41, 5.74) is 1.45. The summed E-state index contributed by atoms with van der Waals surface area (Å²) in [6.45, 7) is 4.40. The Bertz CT molecular complexity index is 1330. The van der Waals surface area contributed by atoms with E-state index in [9.17, 15) is 18.0 Å². The van der Waals surface area contributed by atoms with E-state index in [1.807, 2.05) is 11.0 Å². The number of nitrogens with zero attached hydrogens (tertiary/aromatic N) is 5. The Morgan fingerprint density at radius 3 is 2.48 bits per heavy atom. The summed E-state index contributed by atoms with van der Waals surface area (Å²) >= 11 is 12.7. The number of alkyl halides is 3. The van der Waals surface area contributed by atoms with Crippen LogP contribution in [-0.4, -0.2) is 88.2 Å². The molecule has 5 rings (SSSR count). The van der Waals surface area contributed by atoms with Gasteiger partial charge in [0.05, 0.1) is 5.02 Å². The maximum absolute atomic E-state index is 13.0. The molecule has 0 unspecified atom stereocenters. The van der Waals surface area contributed by atoms with Crippen molar-refractivity contribution in [3.63, 3.8) is 0 Å². The van der Waals surface area contributed by atoms with Crippen LogP contribution in [-0.2, 0) is 4.79 Å². The van der Waals surface area contributed by atoms with Crippen LogP contribution in [0.1, 0.15) is 37.8 Å². The van der Waals surface area contributed by atoms with Crippen molar-refractivity contribution in [3.05, 3.63) is 64.5 Å². The first kappa shape index (κ1) is 30.6. The number of amides is 1. The highest BCUT2D eigenvalue weighted by atomic mass is 35.5. The SMILES string of the molecule is CC[C@H]1CN(c2ncc(-c3ncc[nH]3)cc2Cl)CCN1C1CCN([C@@H](C(=O)NCC(F)(F)F)c2ccc(Cl)cc2)CC1. The Labute approximate surface area is 253 Å². The average molecular weight is 625 g/mol. The highest BCUT2D eigenvalue weighted by Gasteiger charge is 2.38. The van der Waals surface area contributed by atoms with Crippen LogP contribution in [0.4, 0.5) is 19.0 Å². The van der Waals surface area contributed by atoms with Gasteiger partial charge in [-0.15, -0.1) is 0 Å². The highest BCUT2D eigenvalue weighted by Crippen LogP contribution is 2.33. The number of imidazole rings is 1. The summed E-state index contributed by atoms with van der Waals surface area (Å²) in [6, 6.07) is 8.39. The second-order valence-electron chi connectivity index (χ2n) is 10.8. The monoisotopic (exact) mass is 623 g/mol. The predicted octanol–water partition coefficient (Wildman–Crippen LogP) is 5.56. The van der Waals surface area contributed by atoms with Gasteiger partial charge in [0.1, 0.15) is 24.2 Å². The number of nitrogens with one attached hydrogen (secondary N) is 2. The van der Waals surface area contributed by atoms with Gasteiger partial charge < -0.3 is 15.2 Å². The van der Waals surface area contributed by atoms with Crippen LogP contribution < -0.4 is 10.2 Å². The zero-order valence-corrected chi connectivity index (χ0v) is 24.8. The lowest BCUT2D eigenvalue weighted by atomic mass is 9.95. The van der Waals surface area contributed by atoms with Crippen molar-refractivity contribution in [1.82, 2.24) is 30.1 Å². The molecule has 1 aromatic carbocycles. The van der Waals surface area contributed by atoms with E-state index in [1.165, 1.54) is 0 Å². The largest absolute Gasteiger partial charge is 0.405 e. The minimum Gasteiger partial charge on any atom is -0.353 e. The maximum atomic E-state index is 13.0. The van der Waals surface area contributed by atoms with Crippen LogP contribution >= 0.6 is 23.2 Å². The van der Waals surface area contributed by atoms with E-state index in [4.69, 9.17) is 23.2 Å². The molecular formula is C29H34Cl2F3N7O. The second-order valence-corrected chi connectivity index (χ2v) is 11.6. The number of hydrogen-bond donors (Lipinski definition) is 2. The van der Waals surface area contributed by atoms with Crippen LogP contribution in [0.5, 0.6) is 0 Å². The summed E-state index contributed by atoms with van der Waals surface area (Å²) in [4.78, 5) is 31.8. The Morgan fingerprint density at radius 2 is 1.86 bits per heavy atom. The van der Waals surface area contributed by atoms with Crippen molar-refractivity contribution in [1.29, 1.82) is 0 Å². The zero-order valence-electron chi connectivity index (χ0n) is 23.2. The molecule has 0 spiro atoms. The van der Waals surface area contributed by atoms with Crippen LogP contribution in [0.3, 0.4) is 0 Å². The van der Waals surface area contributed by atoms with Gasteiger partial charge in [-0.05, 0) is 43.0 Å². The van der Waals surface area contributed by atoms with Gasteiger partial charge >= 0.3 is 6.18 Å². The highest BCUT2D eigenvalue weighted by molar-refractivity contribution is 6.33. The maximum Gasteiger partial charge on any atom is 0.405 e. The molecule has 8 nitrogen and oxygen atoms in total. The van der Waals surface area contributed by atoms with E-state index < -0.39 is 24.7 Å². The van der Waals surface area contributed by atoms with Gasteiger partial charge in [0, 0.05) is 74.0 Å². The van der Waals surface area contributed by atoms with Crippen LogP contribution in [0.2, 0.25) is 10.0 Å². The molecule has 2 fully saturated rings. The minimum absolute atomic E-state index is 0.292. The topological polar surface area (TPSA) is 80.4 Å². The van der Waals surface area contributed by atoms with Crippen molar-refractivity contribution >= 4 is 34.9 Å². The second kappa shape index (κ2) is 13.2. The summed E-state index contributed by atoms with van der Waals surface area (Å²) in [5, 5.41) is 3.17. The number of carbonyl (C=O) groups excluding carboxylic acids is 1. The lowest BCUT2D eigenvalue weighted by Crippen LogP contribution is -2.59. The molecule has 0 aliphatic carbocycles. The van der Waals surface area contributed by atoms with Gasteiger partial charge in [0.15, 0.2) is 0 Å². The van der Waals surface area contributed by atoms with Gasteiger partial charge in [0.2, 0.25) is 5.91 Å². The molecule has 226 valence electrons. The summed E-state index contributed by atoms with van der Waals surface area (Å²) in [7, 11) is 0. The molecule has 2 saturated heterocycles. The third kappa shape index (κ3) is 7.19. The standard InChI is InChI=1S/C29H34Cl2F3N7O/c1-2-22-17-40(27-24(31)15-20(16-37-27)26-35-9-10-36-26)13-14-41(22)23-7-11-39(12-8-23)25(19-3-5-21(30)6-4-19)28(42)38-18-29(32,33)34/h3-6,9-10,15-16,22-23,25H,2,7-8,11-14,17-18H2,1H3,(H,35,36)(H,38,42)/t22-,25+/m0/s1. The van der Waals surface area contributed by atoms with Gasteiger partial charge in [0.25, 0.3) is 0 Å². The average Bonchev–Trinajstić information content (AvgIpc) is 3.52. The molecule has 2 aromatic heterocycles. The Balaban J connectivity index is 1.23. The third-order valence-corrected chi connectivity index (χ3v) is 8.65. The molecule has 2 N–H and O–H groups in total. The number of rotatable bonds is 8. The van der Waals surface area contributed by atoms with Gasteiger partial charge in [-0.25, -0.2) is 9.97 Å². The lowest BCUT2D eigenvalue weighted by molar-refractivity contribution is -0.142. The molecule has 2 aliphatic rings. The quantitative estimate of drug-likeness (QED) is 0.342. The first-order valence-electron chi connectivity index (χ1n) is 14.1. The van der Waals surface area contributed by atoms with Gasteiger partial charge in [-0.1, -0.05) is 42.3 Å².